The predicted molar refractivity (Wildman–Crippen MR) is 87.2 cm³/mol. The van der Waals surface area contributed by atoms with Gasteiger partial charge in [0.25, 0.3) is 5.91 Å². The topological polar surface area (TPSA) is 63.7 Å². The number of carbonyl (C=O) groups is 1. The highest BCUT2D eigenvalue weighted by Gasteiger charge is 2.19. The first kappa shape index (κ1) is 15.3. The Labute approximate surface area is 135 Å². The highest BCUT2D eigenvalue weighted by atomic mass is 16.5. The molecule has 1 aromatic heterocycles. The maximum Gasteiger partial charge on any atom is 0.272 e. The van der Waals surface area contributed by atoms with E-state index in [2.05, 4.69) is 10.3 Å². The van der Waals surface area contributed by atoms with Crippen LogP contribution in [0, 0.1) is 0 Å². The van der Waals surface area contributed by atoms with Gasteiger partial charge in [0.05, 0.1) is 37.9 Å². The molecule has 0 spiro atoms. The Morgan fingerprint density at radius 3 is 2.70 bits per heavy atom. The van der Waals surface area contributed by atoms with E-state index in [-0.39, 0.29) is 5.91 Å². The van der Waals surface area contributed by atoms with Gasteiger partial charge in [0, 0.05) is 13.1 Å². The van der Waals surface area contributed by atoms with E-state index < -0.39 is 0 Å². The molecule has 6 nitrogen and oxygen atoms in total. The molecule has 120 valence electrons. The number of nitrogens with one attached hydrogen (secondary N) is 1. The fraction of sp³-hybridized carbons (Fsp3) is 0.294. The van der Waals surface area contributed by atoms with Crippen molar-refractivity contribution in [3.63, 3.8) is 0 Å². The molecule has 1 saturated heterocycles. The number of hydrogen-bond acceptors (Lipinski definition) is 5. The van der Waals surface area contributed by atoms with E-state index in [0.717, 1.165) is 17.1 Å². The number of carbonyl (C=O) groups excluding carboxylic acids is 1. The summed E-state index contributed by atoms with van der Waals surface area (Å²) in [6.45, 7) is 2.39. The minimum Gasteiger partial charge on any atom is -0.495 e. The van der Waals surface area contributed by atoms with Crippen molar-refractivity contribution in [2.75, 3.05) is 38.7 Å². The van der Waals surface area contributed by atoms with Crippen molar-refractivity contribution in [1.82, 2.24) is 9.88 Å². The average Bonchev–Trinajstić information content (AvgIpc) is 2.63. The molecule has 0 radical (unpaired) electrons. The van der Waals surface area contributed by atoms with Crippen LogP contribution in [0.15, 0.2) is 42.6 Å². The van der Waals surface area contributed by atoms with Gasteiger partial charge >= 0.3 is 0 Å². The number of ether oxygens (including phenoxy) is 2. The summed E-state index contributed by atoms with van der Waals surface area (Å²) in [7, 11) is 1.63. The Bertz CT molecular complexity index is 667. The predicted octanol–water partition coefficient (Wildman–Crippen LogP) is 2.31. The van der Waals surface area contributed by atoms with Crippen LogP contribution >= 0.6 is 0 Å². The third kappa shape index (κ3) is 3.60. The van der Waals surface area contributed by atoms with Crippen LogP contribution in [-0.4, -0.2) is 49.2 Å². The lowest BCUT2D eigenvalue weighted by molar-refractivity contribution is 0.0299. The van der Waals surface area contributed by atoms with E-state index in [1.54, 1.807) is 24.3 Å². The highest BCUT2D eigenvalue weighted by Crippen LogP contribution is 2.26. The first-order valence-corrected chi connectivity index (χ1v) is 7.51. The maximum atomic E-state index is 12.3. The van der Waals surface area contributed by atoms with Gasteiger partial charge in [-0.1, -0.05) is 12.1 Å². The number of methoxy groups -OCH3 is 1. The second-order valence-electron chi connectivity index (χ2n) is 5.16. The molecule has 1 aliphatic rings. The number of amides is 1. The summed E-state index contributed by atoms with van der Waals surface area (Å²) in [4.78, 5) is 18.4. The number of hydrogen-bond donors (Lipinski definition) is 1. The standard InChI is InChI=1S/C17H19N3O3/c1-22-16-5-3-2-4-14(16)19-13-6-7-15(18-12-13)17(21)20-8-10-23-11-9-20/h2-7,12,19H,8-11H2,1H3. The molecule has 1 aliphatic heterocycles. The summed E-state index contributed by atoms with van der Waals surface area (Å²) >= 11 is 0. The molecule has 23 heavy (non-hydrogen) atoms. The van der Waals surface area contributed by atoms with Gasteiger partial charge in [0.2, 0.25) is 0 Å². The fourth-order valence-corrected chi connectivity index (χ4v) is 2.43. The zero-order valence-corrected chi connectivity index (χ0v) is 13.0. The third-order valence-corrected chi connectivity index (χ3v) is 3.67. The zero-order chi connectivity index (χ0) is 16.1. The first-order valence-electron chi connectivity index (χ1n) is 7.51. The molecule has 1 N–H and O–H groups in total. The number of aromatic nitrogens is 1. The summed E-state index contributed by atoms with van der Waals surface area (Å²) in [5, 5.41) is 3.24. The molecule has 1 aromatic carbocycles. The molecule has 0 bridgehead atoms. The van der Waals surface area contributed by atoms with Crippen LogP contribution in [0.1, 0.15) is 10.5 Å². The SMILES string of the molecule is COc1ccccc1Nc1ccc(C(=O)N2CCOCC2)nc1. The van der Waals surface area contributed by atoms with E-state index in [1.165, 1.54) is 0 Å². The summed E-state index contributed by atoms with van der Waals surface area (Å²) in [6.07, 6.45) is 1.65. The molecule has 0 saturated carbocycles. The smallest absolute Gasteiger partial charge is 0.272 e. The maximum absolute atomic E-state index is 12.3. The van der Waals surface area contributed by atoms with Gasteiger partial charge in [0.1, 0.15) is 11.4 Å². The van der Waals surface area contributed by atoms with Gasteiger partial charge in [-0.2, -0.15) is 0 Å². The van der Waals surface area contributed by atoms with Crippen LogP contribution in [0.2, 0.25) is 0 Å². The van der Waals surface area contributed by atoms with Crippen molar-refractivity contribution in [2.24, 2.45) is 0 Å². The Kier molecular flexibility index (Phi) is 4.73. The second kappa shape index (κ2) is 7.11. The number of pyridine rings is 1. The summed E-state index contributed by atoms with van der Waals surface area (Å²) in [5.74, 6) is 0.693. The van der Waals surface area contributed by atoms with Crippen molar-refractivity contribution in [2.45, 2.75) is 0 Å². The fourth-order valence-electron chi connectivity index (χ4n) is 2.43. The van der Waals surface area contributed by atoms with E-state index in [9.17, 15) is 4.79 Å². The first-order chi connectivity index (χ1) is 11.3. The monoisotopic (exact) mass is 313 g/mol. The number of anilines is 2. The molecule has 0 unspecified atom stereocenters. The number of nitrogens with zero attached hydrogens (tertiary/aromatic N) is 2. The number of para-hydroxylation sites is 2. The quantitative estimate of drug-likeness (QED) is 0.938. The Morgan fingerprint density at radius 2 is 2.00 bits per heavy atom. The van der Waals surface area contributed by atoms with Gasteiger partial charge in [-0.15, -0.1) is 0 Å². The van der Waals surface area contributed by atoms with Crippen molar-refractivity contribution in [3.8, 4) is 5.75 Å². The molecule has 0 atom stereocenters. The molecule has 2 aromatic rings. The normalized spacial score (nSPS) is 14.4. The van der Waals surface area contributed by atoms with Crippen molar-refractivity contribution >= 4 is 17.3 Å². The Morgan fingerprint density at radius 1 is 1.22 bits per heavy atom. The Hall–Kier alpha value is -2.60. The van der Waals surface area contributed by atoms with E-state index in [0.29, 0.717) is 32.0 Å². The average molecular weight is 313 g/mol. The van der Waals surface area contributed by atoms with Crippen LogP contribution in [0.5, 0.6) is 5.75 Å². The lowest BCUT2D eigenvalue weighted by Crippen LogP contribution is -2.41. The van der Waals surface area contributed by atoms with Gasteiger partial charge in [-0.25, -0.2) is 4.98 Å². The van der Waals surface area contributed by atoms with Crippen LogP contribution in [0.4, 0.5) is 11.4 Å². The minimum absolute atomic E-state index is 0.0582. The number of benzene rings is 1. The molecule has 1 fully saturated rings. The van der Waals surface area contributed by atoms with Gasteiger partial charge < -0.3 is 19.7 Å². The molecule has 3 rings (SSSR count). The number of rotatable bonds is 4. The molecular weight excluding hydrogens is 294 g/mol. The summed E-state index contributed by atoms with van der Waals surface area (Å²) < 4.78 is 10.6. The Balaban J connectivity index is 1.70. The van der Waals surface area contributed by atoms with Crippen molar-refractivity contribution in [3.05, 3.63) is 48.3 Å². The second-order valence-corrected chi connectivity index (χ2v) is 5.16. The van der Waals surface area contributed by atoms with E-state index >= 15 is 0 Å². The van der Waals surface area contributed by atoms with Gasteiger partial charge in [-0.3, -0.25) is 4.79 Å². The lowest BCUT2D eigenvalue weighted by atomic mass is 10.2. The van der Waals surface area contributed by atoms with Crippen LogP contribution in [0.25, 0.3) is 0 Å². The molecule has 6 heteroatoms. The van der Waals surface area contributed by atoms with Gasteiger partial charge in [0.15, 0.2) is 0 Å². The van der Waals surface area contributed by atoms with Crippen LogP contribution < -0.4 is 10.1 Å². The van der Waals surface area contributed by atoms with Crippen LogP contribution in [-0.2, 0) is 4.74 Å². The van der Waals surface area contributed by atoms with E-state index in [1.807, 2.05) is 30.3 Å². The third-order valence-electron chi connectivity index (χ3n) is 3.67. The molecular formula is C17H19N3O3. The van der Waals surface area contributed by atoms with E-state index in [4.69, 9.17) is 9.47 Å². The summed E-state index contributed by atoms with van der Waals surface area (Å²) in [5.41, 5.74) is 2.09. The largest absolute Gasteiger partial charge is 0.495 e. The van der Waals surface area contributed by atoms with Crippen molar-refractivity contribution in [1.29, 1.82) is 0 Å². The number of morpholine rings is 1. The summed E-state index contributed by atoms with van der Waals surface area (Å²) in [6, 6.07) is 11.2. The minimum atomic E-state index is -0.0582. The van der Waals surface area contributed by atoms with Crippen LogP contribution in [0.3, 0.4) is 0 Å². The van der Waals surface area contributed by atoms with Gasteiger partial charge in [-0.05, 0) is 24.3 Å². The zero-order valence-electron chi connectivity index (χ0n) is 13.0. The lowest BCUT2D eigenvalue weighted by Gasteiger charge is -2.26. The highest BCUT2D eigenvalue weighted by molar-refractivity contribution is 5.92. The molecule has 0 aliphatic carbocycles. The molecule has 2 heterocycles. The molecule has 1 amide bonds. The van der Waals surface area contributed by atoms with Crippen molar-refractivity contribution < 1.29 is 14.3 Å².